The third-order valence-corrected chi connectivity index (χ3v) is 8.59. The lowest BCUT2D eigenvalue weighted by atomic mass is 9.73. The lowest BCUT2D eigenvalue weighted by Gasteiger charge is -2.42. The number of aliphatic hydroxyl groups is 2. The van der Waals surface area contributed by atoms with Gasteiger partial charge < -0.3 is 51.0 Å². The van der Waals surface area contributed by atoms with Gasteiger partial charge in [-0.2, -0.15) is 0 Å². The fourth-order valence-corrected chi connectivity index (χ4v) is 6.22. The van der Waals surface area contributed by atoms with Gasteiger partial charge in [-0.15, -0.1) is 0 Å². The first-order valence-corrected chi connectivity index (χ1v) is 15.3. The number of aliphatic hydroxyl groups excluding tert-OH is 1. The monoisotopic (exact) mass is 641 g/mol. The summed E-state index contributed by atoms with van der Waals surface area (Å²) in [5.74, 6) is -2.80. The van der Waals surface area contributed by atoms with Crippen LogP contribution in [0.3, 0.4) is 0 Å². The molecule has 2 aromatic rings. The van der Waals surface area contributed by atoms with E-state index in [9.17, 15) is 39.6 Å². The smallest absolute Gasteiger partial charge is 0.407 e. The van der Waals surface area contributed by atoms with Crippen molar-refractivity contribution in [3.05, 3.63) is 57.6 Å². The highest BCUT2D eigenvalue weighted by atomic mass is 16.7. The Hall–Kier alpha value is -4.08. The van der Waals surface area contributed by atoms with Crippen molar-refractivity contribution < 1.29 is 53.8 Å². The van der Waals surface area contributed by atoms with Gasteiger partial charge in [-0.1, -0.05) is 31.2 Å². The van der Waals surface area contributed by atoms with E-state index < -0.39 is 77.6 Å². The van der Waals surface area contributed by atoms with Gasteiger partial charge in [-0.25, -0.2) is 4.79 Å². The molecule has 0 saturated carbocycles. The minimum Gasteiger partial charge on any atom is -0.507 e. The van der Waals surface area contributed by atoms with Crippen LogP contribution in [0.1, 0.15) is 88.6 Å². The van der Waals surface area contributed by atoms with Crippen LogP contribution < -0.4 is 16.4 Å². The summed E-state index contributed by atoms with van der Waals surface area (Å²) in [5.41, 5.74) is 3.42. The third-order valence-electron chi connectivity index (χ3n) is 8.59. The molecule has 46 heavy (non-hydrogen) atoms. The quantitative estimate of drug-likeness (QED) is 0.163. The number of hydrogen-bond donors (Lipinski definition) is 7. The summed E-state index contributed by atoms with van der Waals surface area (Å²) >= 11 is 0. The summed E-state index contributed by atoms with van der Waals surface area (Å²) < 4.78 is 17.3. The molecule has 0 radical (unpaired) electrons. The maximum Gasteiger partial charge on any atom is 0.407 e. The van der Waals surface area contributed by atoms with E-state index in [2.05, 4.69) is 10.6 Å². The molecule has 1 aliphatic heterocycles. The molecular formula is C32H39N3O11. The lowest BCUT2D eigenvalue weighted by Crippen LogP contribution is -2.52. The van der Waals surface area contributed by atoms with Crippen LogP contribution in [0.4, 0.5) is 4.79 Å². The van der Waals surface area contributed by atoms with Crippen molar-refractivity contribution >= 4 is 23.6 Å². The molecule has 248 valence electrons. The van der Waals surface area contributed by atoms with Gasteiger partial charge in [0.15, 0.2) is 17.9 Å². The van der Waals surface area contributed by atoms with Crippen LogP contribution in [0.15, 0.2) is 24.3 Å². The van der Waals surface area contributed by atoms with Crippen LogP contribution in [0.2, 0.25) is 0 Å². The third kappa shape index (κ3) is 6.44. The van der Waals surface area contributed by atoms with Gasteiger partial charge in [0, 0.05) is 67.1 Å². The Labute approximate surface area is 264 Å². The molecule has 1 saturated heterocycles. The number of carbonyl (C=O) groups excluding carboxylic acids is 4. The Morgan fingerprint density at radius 1 is 1.07 bits per heavy atom. The van der Waals surface area contributed by atoms with Crippen LogP contribution in [-0.2, 0) is 25.4 Å². The first-order valence-electron chi connectivity index (χ1n) is 15.3. The largest absolute Gasteiger partial charge is 0.507 e. The minimum absolute atomic E-state index is 0.0108. The molecule has 6 atom stereocenters. The molecule has 2 amide bonds. The molecular weight excluding hydrogens is 602 g/mol. The van der Waals surface area contributed by atoms with Gasteiger partial charge in [-0.3, -0.25) is 14.4 Å². The minimum atomic E-state index is -1.88. The second-order valence-electron chi connectivity index (χ2n) is 12.0. The van der Waals surface area contributed by atoms with E-state index in [0.717, 1.165) is 6.42 Å². The number of nitrogens with one attached hydrogen (secondary N) is 2. The summed E-state index contributed by atoms with van der Waals surface area (Å²) in [5, 5.41) is 50.2. The number of amides is 2. The van der Waals surface area contributed by atoms with Crippen LogP contribution >= 0.6 is 0 Å². The molecule has 0 bridgehead atoms. The number of rotatable bonds is 9. The Kier molecular flexibility index (Phi) is 9.65. The van der Waals surface area contributed by atoms with E-state index in [4.69, 9.17) is 19.9 Å². The Morgan fingerprint density at radius 3 is 2.35 bits per heavy atom. The van der Waals surface area contributed by atoms with Gasteiger partial charge in [0.05, 0.1) is 29.4 Å². The fourth-order valence-electron chi connectivity index (χ4n) is 6.22. The number of ether oxygens (including phenoxy) is 3. The number of benzene rings is 2. The zero-order valence-electron chi connectivity index (χ0n) is 25.6. The molecule has 2 aromatic carbocycles. The number of alkyl carbamates (subject to hydrolysis) is 1. The molecule has 0 spiro atoms. The van der Waals surface area contributed by atoms with E-state index in [0.29, 0.717) is 6.54 Å². The zero-order valence-corrected chi connectivity index (χ0v) is 25.6. The number of ketones is 2. The Bertz CT molecular complexity index is 1530. The predicted molar refractivity (Wildman–Crippen MR) is 160 cm³/mol. The molecule has 0 unspecified atom stereocenters. The second-order valence-corrected chi connectivity index (χ2v) is 12.0. The summed E-state index contributed by atoms with van der Waals surface area (Å²) in [6, 6.07) is 5.32. The van der Waals surface area contributed by atoms with Crippen molar-refractivity contribution in [2.45, 2.75) is 82.2 Å². The Morgan fingerprint density at radius 2 is 1.72 bits per heavy atom. The number of hydrogen-bond acceptors (Lipinski definition) is 12. The predicted octanol–water partition coefficient (Wildman–Crippen LogP) is 1.07. The van der Waals surface area contributed by atoms with Crippen LogP contribution in [0.5, 0.6) is 11.5 Å². The van der Waals surface area contributed by atoms with Gasteiger partial charge in [0.2, 0.25) is 5.91 Å². The van der Waals surface area contributed by atoms with Crippen LogP contribution in [0, 0.1) is 0 Å². The van der Waals surface area contributed by atoms with E-state index in [-0.39, 0.29) is 66.0 Å². The van der Waals surface area contributed by atoms with Crippen molar-refractivity contribution in [1.29, 1.82) is 0 Å². The zero-order chi connectivity index (χ0) is 33.3. The van der Waals surface area contributed by atoms with Crippen molar-refractivity contribution in [2.75, 3.05) is 19.7 Å². The van der Waals surface area contributed by atoms with E-state index in [1.165, 1.54) is 12.1 Å². The maximum absolute atomic E-state index is 13.5. The van der Waals surface area contributed by atoms with Gasteiger partial charge in [0.1, 0.15) is 23.7 Å². The summed E-state index contributed by atoms with van der Waals surface area (Å²) in [6.07, 6.45) is -4.68. The molecule has 1 heterocycles. The van der Waals surface area contributed by atoms with Crippen LogP contribution in [0.25, 0.3) is 0 Å². The highest BCUT2D eigenvalue weighted by Crippen LogP contribution is 2.51. The first-order chi connectivity index (χ1) is 21.8. The summed E-state index contributed by atoms with van der Waals surface area (Å²) in [6.45, 7) is 3.42. The molecule has 2 aliphatic carbocycles. The number of aromatic hydroxyl groups is 2. The van der Waals surface area contributed by atoms with E-state index in [1.54, 1.807) is 19.1 Å². The SMILES string of the molecule is CCCNC(=O)CCNC(=O)OC[C@]1(O)Cc2c(O)c3c(c(O)c2[C@@H](O[C@H]2C[C@H](N)[C@H](O)[C@H](C)O2)C1)C(=O)c1ccccc1C3=O. The van der Waals surface area contributed by atoms with Crippen molar-refractivity contribution in [1.82, 2.24) is 10.6 Å². The molecule has 8 N–H and O–H groups in total. The summed E-state index contributed by atoms with van der Waals surface area (Å²) in [4.78, 5) is 51.3. The standard InChI is InChI=1S/C32H39N3O11/c1-3-9-34-21(36)8-10-35-31(42)44-14-32(43)12-18-23(20(13-32)46-22-11-19(33)26(37)15(2)45-22)30(41)25-24(29(18)40)27(38)16-6-4-5-7-17(16)28(25)39/h4-7,15,19-20,22,26,37,40-41,43H,3,8-14,33H2,1-2H3,(H,34,36)(H,35,42)/t15-,19-,20-,22-,26+,32-/m0/s1. The maximum atomic E-state index is 13.5. The van der Waals surface area contributed by atoms with Gasteiger partial charge in [0.25, 0.3) is 0 Å². The summed E-state index contributed by atoms with van der Waals surface area (Å²) in [7, 11) is 0. The molecule has 14 nitrogen and oxygen atoms in total. The number of nitrogens with two attached hydrogens (primary N) is 1. The normalized spacial score (nSPS) is 26.8. The molecule has 1 fully saturated rings. The highest BCUT2D eigenvalue weighted by Gasteiger charge is 2.48. The number of carbonyl (C=O) groups is 4. The topological polar surface area (TPSA) is 227 Å². The highest BCUT2D eigenvalue weighted by molar-refractivity contribution is 6.30. The van der Waals surface area contributed by atoms with Crippen molar-refractivity contribution in [3.63, 3.8) is 0 Å². The van der Waals surface area contributed by atoms with Crippen LogP contribution in [-0.4, -0.2) is 93.8 Å². The molecule has 0 aromatic heterocycles. The van der Waals surface area contributed by atoms with Crippen molar-refractivity contribution in [2.24, 2.45) is 5.73 Å². The van der Waals surface area contributed by atoms with Crippen molar-refractivity contribution in [3.8, 4) is 11.5 Å². The van der Waals surface area contributed by atoms with Gasteiger partial charge >= 0.3 is 6.09 Å². The Balaban J connectivity index is 1.45. The number of phenolic OH excluding ortho intramolecular Hbond substituents is 2. The average molecular weight is 642 g/mol. The average Bonchev–Trinajstić information content (AvgIpc) is 3.02. The first kappa shape index (κ1) is 33.3. The molecule has 14 heteroatoms. The molecule has 5 rings (SSSR count). The number of phenols is 2. The fraction of sp³-hybridized carbons (Fsp3) is 0.500. The number of fused-ring (bicyclic) bond motifs is 3. The van der Waals surface area contributed by atoms with E-state index >= 15 is 0 Å². The lowest BCUT2D eigenvalue weighted by molar-refractivity contribution is -0.248. The van der Waals surface area contributed by atoms with Gasteiger partial charge in [-0.05, 0) is 13.3 Å². The second kappa shape index (κ2) is 13.3. The molecule has 3 aliphatic rings. The van der Waals surface area contributed by atoms with E-state index in [1.807, 2.05) is 6.92 Å².